The standard InChI is InChI=1S/C18H32O/c1-18(2,3)17(19)16(14-10-6-4-7-11-14)15-12-8-5-9-13-15/h14-16H,4-13H2,1-3H3. The lowest BCUT2D eigenvalue weighted by Crippen LogP contribution is -2.39. The topological polar surface area (TPSA) is 17.1 Å². The zero-order valence-corrected chi connectivity index (χ0v) is 13.2. The van der Waals surface area contributed by atoms with Crippen molar-refractivity contribution in [2.45, 2.75) is 85.0 Å². The summed E-state index contributed by atoms with van der Waals surface area (Å²) in [5.41, 5.74) is -0.153. The van der Waals surface area contributed by atoms with Crippen molar-refractivity contribution in [3.8, 4) is 0 Å². The lowest BCUT2D eigenvalue weighted by Gasteiger charge is -2.39. The SMILES string of the molecule is CC(C)(C)C(=O)C(C1CCCCC1)C1CCCCC1. The molecule has 19 heavy (non-hydrogen) atoms. The van der Waals surface area contributed by atoms with Crippen LogP contribution in [0.15, 0.2) is 0 Å². The van der Waals surface area contributed by atoms with E-state index in [4.69, 9.17) is 0 Å². The highest BCUT2D eigenvalue weighted by Gasteiger charge is 2.40. The maximum atomic E-state index is 13.0. The van der Waals surface area contributed by atoms with Gasteiger partial charge in [0.25, 0.3) is 0 Å². The molecule has 2 aliphatic rings. The highest BCUT2D eigenvalue weighted by Crippen LogP contribution is 2.43. The number of carbonyl (C=O) groups excluding carboxylic acids is 1. The molecule has 0 spiro atoms. The molecule has 0 radical (unpaired) electrons. The molecular formula is C18H32O. The van der Waals surface area contributed by atoms with E-state index in [0.29, 0.717) is 23.5 Å². The third kappa shape index (κ3) is 3.83. The molecule has 0 heterocycles. The summed E-state index contributed by atoms with van der Waals surface area (Å²) in [5, 5.41) is 0. The molecule has 0 aromatic heterocycles. The lowest BCUT2D eigenvalue weighted by molar-refractivity contribution is -0.135. The summed E-state index contributed by atoms with van der Waals surface area (Å²) < 4.78 is 0. The Morgan fingerprint density at radius 2 is 1.16 bits per heavy atom. The Kier molecular flexibility index (Phi) is 5.09. The van der Waals surface area contributed by atoms with Crippen molar-refractivity contribution in [2.75, 3.05) is 0 Å². The van der Waals surface area contributed by atoms with Gasteiger partial charge in [-0.2, -0.15) is 0 Å². The third-order valence-corrected chi connectivity index (χ3v) is 5.36. The first-order valence-electron chi connectivity index (χ1n) is 8.54. The van der Waals surface area contributed by atoms with Gasteiger partial charge in [-0.15, -0.1) is 0 Å². The van der Waals surface area contributed by atoms with Crippen molar-refractivity contribution < 1.29 is 4.79 Å². The predicted molar refractivity (Wildman–Crippen MR) is 81.1 cm³/mol. The van der Waals surface area contributed by atoms with E-state index in [2.05, 4.69) is 20.8 Å². The average Bonchev–Trinajstić information content (AvgIpc) is 2.40. The van der Waals surface area contributed by atoms with Crippen molar-refractivity contribution in [3.05, 3.63) is 0 Å². The van der Waals surface area contributed by atoms with Gasteiger partial charge in [-0.05, 0) is 37.5 Å². The Balaban J connectivity index is 2.13. The van der Waals surface area contributed by atoms with Crippen molar-refractivity contribution in [1.82, 2.24) is 0 Å². The molecule has 2 saturated carbocycles. The van der Waals surface area contributed by atoms with Crippen LogP contribution in [0.1, 0.15) is 85.0 Å². The Hall–Kier alpha value is -0.330. The molecule has 0 unspecified atom stereocenters. The van der Waals surface area contributed by atoms with Crippen LogP contribution in [0.5, 0.6) is 0 Å². The van der Waals surface area contributed by atoms with Crippen molar-refractivity contribution in [1.29, 1.82) is 0 Å². The van der Waals surface area contributed by atoms with Crippen LogP contribution in [0.3, 0.4) is 0 Å². The van der Waals surface area contributed by atoms with Gasteiger partial charge in [0, 0.05) is 11.3 Å². The number of rotatable bonds is 3. The summed E-state index contributed by atoms with van der Waals surface area (Å²) >= 11 is 0. The largest absolute Gasteiger partial charge is 0.299 e. The van der Waals surface area contributed by atoms with Crippen molar-refractivity contribution >= 4 is 5.78 Å². The summed E-state index contributed by atoms with van der Waals surface area (Å²) in [4.78, 5) is 13.0. The van der Waals surface area contributed by atoms with Gasteiger partial charge in [-0.3, -0.25) is 4.79 Å². The Morgan fingerprint density at radius 1 is 0.789 bits per heavy atom. The van der Waals surface area contributed by atoms with Crippen LogP contribution in [-0.4, -0.2) is 5.78 Å². The van der Waals surface area contributed by atoms with Crippen LogP contribution in [0.4, 0.5) is 0 Å². The molecule has 0 N–H and O–H groups in total. The van der Waals surface area contributed by atoms with Crippen LogP contribution in [0.2, 0.25) is 0 Å². The van der Waals surface area contributed by atoms with E-state index in [1.165, 1.54) is 64.2 Å². The second-order valence-corrected chi connectivity index (χ2v) is 7.94. The van der Waals surface area contributed by atoms with Crippen molar-refractivity contribution in [3.63, 3.8) is 0 Å². The zero-order valence-electron chi connectivity index (χ0n) is 13.2. The zero-order chi connectivity index (χ0) is 13.9. The minimum Gasteiger partial charge on any atom is -0.299 e. The summed E-state index contributed by atoms with van der Waals surface area (Å²) in [6, 6.07) is 0. The molecule has 2 aliphatic carbocycles. The molecule has 1 nitrogen and oxygen atoms in total. The first kappa shape index (κ1) is 15.1. The fourth-order valence-corrected chi connectivity index (χ4v) is 4.30. The molecule has 2 rings (SSSR count). The number of hydrogen-bond donors (Lipinski definition) is 0. The number of ketones is 1. The molecule has 0 aromatic rings. The molecule has 0 aliphatic heterocycles. The maximum absolute atomic E-state index is 13.0. The van der Waals surface area contributed by atoms with Crippen LogP contribution >= 0.6 is 0 Å². The number of carbonyl (C=O) groups is 1. The minimum absolute atomic E-state index is 0.153. The fourth-order valence-electron chi connectivity index (χ4n) is 4.30. The van der Waals surface area contributed by atoms with Gasteiger partial charge in [0.2, 0.25) is 0 Å². The smallest absolute Gasteiger partial charge is 0.141 e. The Bertz CT molecular complexity index is 269. The van der Waals surface area contributed by atoms with E-state index < -0.39 is 0 Å². The first-order valence-corrected chi connectivity index (χ1v) is 8.54. The Morgan fingerprint density at radius 3 is 1.47 bits per heavy atom. The van der Waals surface area contributed by atoms with Gasteiger partial charge in [0.15, 0.2) is 0 Å². The van der Waals surface area contributed by atoms with Gasteiger partial charge in [0.1, 0.15) is 5.78 Å². The summed E-state index contributed by atoms with van der Waals surface area (Å²) in [7, 11) is 0. The van der Waals surface area contributed by atoms with Crippen LogP contribution in [0.25, 0.3) is 0 Å². The molecule has 110 valence electrons. The molecule has 2 fully saturated rings. The van der Waals surface area contributed by atoms with Gasteiger partial charge in [0.05, 0.1) is 0 Å². The molecular weight excluding hydrogens is 232 g/mol. The number of Topliss-reactive ketones (excluding diaryl/α,β-unsaturated/α-hetero) is 1. The second-order valence-electron chi connectivity index (χ2n) is 7.94. The van der Waals surface area contributed by atoms with Crippen LogP contribution < -0.4 is 0 Å². The second kappa shape index (κ2) is 6.41. The third-order valence-electron chi connectivity index (χ3n) is 5.36. The molecule has 0 bridgehead atoms. The van der Waals surface area contributed by atoms with Gasteiger partial charge >= 0.3 is 0 Å². The lowest BCUT2D eigenvalue weighted by atomic mass is 9.64. The minimum atomic E-state index is -0.153. The maximum Gasteiger partial charge on any atom is 0.141 e. The number of hydrogen-bond acceptors (Lipinski definition) is 1. The van der Waals surface area contributed by atoms with E-state index in [1.807, 2.05) is 0 Å². The molecule has 0 saturated heterocycles. The van der Waals surface area contributed by atoms with E-state index in [0.717, 1.165) is 0 Å². The van der Waals surface area contributed by atoms with Crippen LogP contribution in [0, 0.1) is 23.2 Å². The first-order chi connectivity index (χ1) is 9.00. The molecule has 1 heteroatoms. The van der Waals surface area contributed by atoms with Gasteiger partial charge in [-0.1, -0.05) is 59.3 Å². The normalized spacial score (nSPS) is 23.8. The van der Waals surface area contributed by atoms with Gasteiger partial charge < -0.3 is 0 Å². The monoisotopic (exact) mass is 264 g/mol. The average molecular weight is 264 g/mol. The Labute approximate surface area is 119 Å². The van der Waals surface area contributed by atoms with Crippen LogP contribution in [-0.2, 0) is 4.79 Å². The molecule has 0 aromatic carbocycles. The van der Waals surface area contributed by atoms with Gasteiger partial charge in [-0.25, -0.2) is 0 Å². The quantitative estimate of drug-likeness (QED) is 0.669. The van der Waals surface area contributed by atoms with E-state index >= 15 is 0 Å². The summed E-state index contributed by atoms with van der Waals surface area (Å²) in [6.45, 7) is 6.36. The van der Waals surface area contributed by atoms with Crippen molar-refractivity contribution in [2.24, 2.45) is 23.2 Å². The highest BCUT2D eigenvalue weighted by molar-refractivity contribution is 5.86. The summed E-state index contributed by atoms with van der Waals surface area (Å²) in [5.74, 6) is 2.33. The van der Waals surface area contributed by atoms with E-state index in [-0.39, 0.29) is 5.41 Å². The summed E-state index contributed by atoms with van der Waals surface area (Å²) in [6.07, 6.45) is 13.4. The van der Waals surface area contributed by atoms with E-state index in [1.54, 1.807) is 0 Å². The highest BCUT2D eigenvalue weighted by atomic mass is 16.1. The van der Waals surface area contributed by atoms with E-state index in [9.17, 15) is 4.79 Å². The molecule has 0 amide bonds. The fraction of sp³-hybridized carbons (Fsp3) is 0.944. The predicted octanol–water partition coefficient (Wildman–Crippen LogP) is 5.38. The molecule has 0 atom stereocenters.